The third-order valence-corrected chi connectivity index (χ3v) is 3.52. The lowest BCUT2D eigenvalue weighted by Gasteiger charge is -2.10. The first-order valence-corrected chi connectivity index (χ1v) is 6.75. The predicted molar refractivity (Wildman–Crippen MR) is 83.3 cm³/mol. The second-order valence-electron chi connectivity index (χ2n) is 4.88. The molecule has 0 bridgehead atoms. The lowest BCUT2D eigenvalue weighted by atomic mass is 10.0. The van der Waals surface area contributed by atoms with Crippen LogP contribution >= 0.6 is 0 Å². The molecule has 3 heteroatoms. The number of fused-ring (bicyclic) bond motifs is 1. The molecule has 0 saturated heterocycles. The normalized spacial score (nSPS) is 10.6. The van der Waals surface area contributed by atoms with Crippen molar-refractivity contribution in [3.8, 4) is 11.3 Å². The zero-order chi connectivity index (χ0) is 14.8. The van der Waals surface area contributed by atoms with Gasteiger partial charge in [0.25, 0.3) is 0 Å². The fourth-order valence-corrected chi connectivity index (χ4v) is 2.43. The quantitative estimate of drug-likeness (QED) is 0.665. The zero-order valence-electron chi connectivity index (χ0n) is 12.0. The van der Waals surface area contributed by atoms with E-state index in [4.69, 9.17) is 9.72 Å². The summed E-state index contributed by atoms with van der Waals surface area (Å²) in [7, 11) is 1.40. The van der Waals surface area contributed by atoms with Crippen LogP contribution in [0.1, 0.15) is 15.9 Å². The van der Waals surface area contributed by atoms with Gasteiger partial charge in [-0.1, -0.05) is 48.5 Å². The van der Waals surface area contributed by atoms with Crippen LogP contribution in [-0.2, 0) is 4.74 Å². The van der Waals surface area contributed by atoms with Crippen LogP contribution in [0.4, 0.5) is 0 Å². The van der Waals surface area contributed by atoms with Crippen LogP contribution in [0.15, 0.2) is 54.6 Å². The number of benzene rings is 2. The summed E-state index contributed by atoms with van der Waals surface area (Å²) in [6, 6.07) is 17.4. The number of esters is 1. The highest BCUT2D eigenvalue weighted by Gasteiger charge is 2.15. The zero-order valence-corrected chi connectivity index (χ0v) is 12.0. The van der Waals surface area contributed by atoms with Crippen molar-refractivity contribution in [1.82, 2.24) is 4.98 Å². The number of hydrogen-bond acceptors (Lipinski definition) is 3. The molecule has 0 saturated carbocycles. The van der Waals surface area contributed by atoms with Crippen LogP contribution in [0.25, 0.3) is 22.2 Å². The van der Waals surface area contributed by atoms with Gasteiger partial charge in [-0.15, -0.1) is 0 Å². The number of rotatable bonds is 2. The van der Waals surface area contributed by atoms with Gasteiger partial charge in [-0.3, -0.25) is 0 Å². The number of ether oxygens (including phenoxy) is 1. The van der Waals surface area contributed by atoms with E-state index in [9.17, 15) is 4.79 Å². The fourth-order valence-electron chi connectivity index (χ4n) is 2.43. The molecule has 1 heterocycles. The Balaban J connectivity index is 2.33. The molecule has 0 amide bonds. The molecule has 21 heavy (non-hydrogen) atoms. The summed E-state index contributed by atoms with van der Waals surface area (Å²) in [6.07, 6.45) is 0. The highest BCUT2D eigenvalue weighted by Crippen LogP contribution is 2.27. The highest BCUT2D eigenvalue weighted by atomic mass is 16.5. The van der Waals surface area contributed by atoms with Crippen LogP contribution in [0, 0.1) is 6.92 Å². The van der Waals surface area contributed by atoms with Crippen molar-refractivity contribution in [3.63, 3.8) is 0 Å². The van der Waals surface area contributed by atoms with E-state index in [0.717, 1.165) is 27.7 Å². The molecule has 0 unspecified atom stereocenters. The Kier molecular flexibility index (Phi) is 3.40. The van der Waals surface area contributed by atoms with Gasteiger partial charge in [0.1, 0.15) is 0 Å². The maximum atomic E-state index is 12.1. The van der Waals surface area contributed by atoms with Gasteiger partial charge in [-0.2, -0.15) is 0 Å². The molecule has 0 N–H and O–H groups in total. The van der Waals surface area contributed by atoms with Gasteiger partial charge >= 0.3 is 5.97 Å². The van der Waals surface area contributed by atoms with Crippen molar-refractivity contribution < 1.29 is 9.53 Å². The molecule has 0 atom stereocenters. The maximum absolute atomic E-state index is 12.1. The summed E-state index contributed by atoms with van der Waals surface area (Å²) in [6.45, 7) is 1.99. The number of para-hydroxylation sites is 1. The number of hydrogen-bond donors (Lipinski definition) is 0. The third-order valence-electron chi connectivity index (χ3n) is 3.52. The summed E-state index contributed by atoms with van der Waals surface area (Å²) in [4.78, 5) is 16.8. The summed E-state index contributed by atoms with van der Waals surface area (Å²) < 4.78 is 4.91. The van der Waals surface area contributed by atoms with E-state index in [-0.39, 0.29) is 5.97 Å². The number of nitrogens with zero attached hydrogens (tertiary/aromatic N) is 1. The molecule has 0 aliphatic carbocycles. The van der Waals surface area contributed by atoms with Gasteiger partial charge in [0.15, 0.2) is 0 Å². The summed E-state index contributed by atoms with van der Waals surface area (Å²) in [5.74, 6) is -0.342. The first kappa shape index (κ1) is 13.3. The van der Waals surface area contributed by atoms with E-state index in [2.05, 4.69) is 0 Å². The number of pyridine rings is 1. The predicted octanol–water partition coefficient (Wildman–Crippen LogP) is 4.00. The molecule has 0 aliphatic rings. The molecule has 3 rings (SSSR count). The Bertz CT molecular complexity index is 810. The van der Waals surface area contributed by atoms with Crippen molar-refractivity contribution in [2.45, 2.75) is 6.92 Å². The van der Waals surface area contributed by atoms with Crippen LogP contribution < -0.4 is 0 Å². The fraction of sp³-hybridized carbons (Fsp3) is 0.111. The second-order valence-corrected chi connectivity index (χ2v) is 4.88. The van der Waals surface area contributed by atoms with E-state index in [1.165, 1.54) is 7.11 Å². The Morgan fingerprint density at radius 1 is 1.05 bits per heavy atom. The van der Waals surface area contributed by atoms with Gasteiger partial charge in [-0.05, 0) is 18.6 Å². The molecule has 3 aromatic rings. The molecule has 2 aromatic carbocycles. The summed E-state index contributed by atoms with van der Waals surface area (Å²) in [5, 5.41) is 0.821. The first-order chi connectivity index (χ1) is 10.2. The molecular formula is C18H15NO2. The standard InChI is InChI=1S/C18H15NO2/c1-12-7-6-10-14-15(18(20)21-2)11-16(19-17(12)14)13-8-4-3-5-9-13/h3-11H,1-2H3. The largest absolute Gasteiger partial charge is 0.465 e. The van der Waals surface area contributed by atoms with Crippen LogP contribution in [0.5, 0.6) is 0 Å². The van der Waals surface area contributed by atoms with E-state index in [0.29, 0.717) is 5.56 Å². The minimum absolute atomic E-state index is 0.342. The molecule has 0 spiro atoms. The smallest absolute Gasteiger partial charge is 0.338 e. The van der Waals surface area contributed by atoms with E-state index in [1.807, 2.05) is 55.5 Å². The Labute approximate surface area is 123 Å². The van der Waals surface area contributed by atoms with E-state index >= 15 is 0 Å². The average Bonchev–Trinajstić information content (AvgIpc) is 2.54. The topological polar surface area (TPSA) is 39.2 Å². The molecule has 0 radical (unpaired) electrons. The monoisotopic (exact) mass is 277 g/mol. The van der Waals surface area contributed by atoms with Gasteiger partial charge in [0.2, 0.25) is 0 Å². The number of carbonyl (C=O) groups is 1. The van der Waals surface area contributed by atoms with Gasteiger partial charge in [0, 0.05) is 10.9 Å². The summed E-state index contributed by atoms with van der Waals surface area (Å²) >= 11 is 0. The lowest BCUT2D eigenvalue weighted by Crippen LogP contribution is -2.04. The van der Waals surface area contributed by atoms with E-state index < -0.39 is 0 Å². The highest BCUT2D eigenvalue weighted by molar-refractivity contribution is 6.05. The minimum Gasteiger partial charge on any atom is -0.465 e. The van der Waals surface area contributed by atoms with Crippen molar-refractivity contribution in [2.75, 3.05) is 7.11 Å². The first-order valence-electron chi connectivity index (χ1n) is 6.75. The summed E-state index contributed by atoms with van der Waals surface area (Å²) in [5.41, 5.74) is 4.17. The number of methoxy groups -OCH3 is 1. The number of aryl methyl sites for hydroxylation is 1. The van der Waals surface area contributed by atoms with Crippen LogP contribution in [0.3, 0.4) is 0 Å². The third kappa shape index (κ3) is 2.38. The minimum atomic E-state index is -0.342. The van der Waals surface area contributed by atoms with Crippen molar-refractivity contribution in [3.05, 3.63) is 65.7 Å². The van der Waals surface area contributed by atoms with Crippen LogP contribution in [0.2, 0.25) is 0 Å². The van der Waals surface area contributed by atoms with Crippen molar-refractivity contribution in [2.24, 2.45) is 0 Å². The van der Waals surface area contributed by atoms with Crippen molar-refractivity contribution >= 4 is 16.9 Å². The average molecular weight is 277 g/mol. The Morgan fingerprint density at radius 3 is 2.52 bits per heavy atom. The molecule has 0 fully saturated rings. The molecule has 104 valence electrons. The number of carbonyl (C=O) groups excluding carboxylic acids is 1. The van der Waals surface area contributed by atoms with Gasteiger partial charge in [-0.25, -0.2) is 9.78 Å². The van der Waals surface area contributed by atoms with Gasteiger partial charge < -0.3 is 4.74 Å². The molecular weight excluding hydrogens is 262 g/mol. The van der Waals surface area contributed by atoms with Gasteiger partial charge in [0.05, 0.1) is 23.9 Å². The number of aromatic nitrogens is 1. The maximum Gasteiger partial charge on any atom is 0.338 e. The van der Waals surface area contributed by atoms with Crippen LogP contribution in [-0.4, -0.2) is 18.1 Å². The van der Waals surface area contributed by atoms with Crippen molar-refractivity contribution in [1.29, 1.82) is 0 Å². The lowest BCUT2D eigenvalue weighted by molar-refractivity contribution is 0.0603. The SMILES string of the molecule is COC(=O)c1cc(-c2ccccc2)nc2c(C)cccc12. The molecule has 3 nitrogen and oxygen atoms in total. The molecule has 1 aromatic heterocycles. The molecule has 0 aliphatic heterocycles. The second kappa shape index (κ2) is 5.37. The Hall–Kier alpha value is -2.68. The Morgan fingerprint density at radius 2 is 1.81 bits per heavy atom. The van der Waals surface area contributed by atoms with E-state index in [1.54, 1.807) is 6.07 Å².